The van der Waals surface area contributed by atoms with Crippen molar-refractivity contribution in [3.05, 3.63) is 71.3 Å². The van der Waals surface area contributed by atoms with Crippen LogP contribution in [0.5, 0.6) is 0 Å². The van der Waals surface area contributed by atoms with Crippen LogP contribution in [0.25, 0.3) is 11.1 Å². The van der Waals surface area contributed by atoms with Gasteiger partial charge in [-0.25, -0.2) is 14.5 Å². The molecule has 5 heteroatoms. The second kappa shape index (κ2) is 9.20. The Morgan fingerprint density at radius 3 is 2.55 bits per heavy atom. The highest BCUT2D eigenvalue weighted by atomic mass is 16.4. The van der Waals surface area contributed by atoms with Crippen LogP contribution in [-0.2, 0) is 13.0 Å². The van der Waals surface area contributed by atoms with Crippen LogP contribution in [0.1, 0.15) is 60.7 Å². The number of nitrogens with zero attached hydrogens (tertiary/aromatic N) is 3. The minimum atomic E-state index is -0.924. The summed E-state index contributed by atoms with van der Waals surface area (Å²) in [5.41, 5.74) is 2.97. The lowest BCUT2D eigenvalue weighted by atomic mass is 9.99. The van der Waals surface area contributed by atoms with Crippen LogP contribution in [0.15, 0.2) is 48.5 Å². The second-order valence-corrected chi connectivity index (χ2v) is 7.00. The van der Waals surface area contributed by atoms with Crippen molar-refractivity contribution in [1.82, 2.24) is 14.8 Å². The summed E-state index contributed by atoms with van der Waals surface area (Å²) in [6.07, 6.45) is 1.56. The number of carboxylic acids is 1. The molecule has 3 rings (SSSR count). The maximum absolute atomic E-state index is 11.5. The Balaban J connectivity index is 1.87. The first-order valence-corrected chi connectivity index (χ1v) is 9.78. The van der Waals surface area contributed by atoms with E-state index in [4.69, 9.17) is 10.1 Å². The molecule has 2 aromatic carbocycles. The van der Waals surface area contributed by atoms with Gasteiger partial charge in [-0.3, -0.25) is 0 Å². The average molecular weight is 387 g/mol. The number of carboxylic acid groups (broad SMARTS) is 1. The molecule has 0 bridgehead atoms. The molecule has 0 saturated heterocycles. The SMILES string of the molecule is CC#CCc1nc(C(C)CC)nn1Cc1ccc(-c2ccccc2C(=O)O)cc1. The highest BCUT2D eigenvalue weighted by Gasteiger charge is 2.15. The Morgan fingerprint density at radius 1 is 1.17 bits per heavy atom. The minimum absolute atomic E-state index is 0.301. The standard InChI is InChI=1S/C24H25N3O2/c1-4-6-11-22-25-23(17(3)5-2)26-27(22)16-18-12-14-19(15-13-18)20-9-7-8-10-21(20)24(28)29/h7-10,12-15,17H,5,11,16H2,1-3H3,(H,28,29). The van der Waals surface area contributed by atoms with Gasteiger partial charge in [0.2, 0.25) is 0 Å². The molecular formula is C24H25N3O2. The molecule has 29 heavy (non-hydrogen) atoms. The molecule has 0 saturated carbocycles. The number of aromatic carboxylic acids is 1. The predicted molar refractivity (Wildman–Crippen MR) is 114 cm³/mol. The highest BCUT2D eigenvalue weighted by molar-refractivity contribution is 5.95. The number of rotatable bonds is 7. The fourth-order valence-electron chi connectivity index (χ4n) is 3.09. The van der Waals surface area contributed by atoms with Crippen LogP contribution in [0.2, 0.25) is 0 Å². The lowest BCUT2D eigenvalue weighted by molar-refractivity contribution is 0.0697. The van der Waals surface area contributed by atoms with Crippen LogP contribution in [0.3, 0.4) is 0 Å². The van der Waals surface area contributed by atoms with Crippen LogP contribution in [-0.4, -0.2) is 25.8 Å². The van der Waals surface area contributed by atoms with Gasteiger partial charge in [0.15, 0.2) is 5.82 Å². The smallest absolute Gasteiger partial charge is 0.336 e. The third-order valence-electron chi connectivity index (χ3n) is 5.00. The maximum atomic E-state index is 11.5. The lowest BCUT2D eigenvalue weighted by Crippen LogP contribution is -2.07. The third kappa shape index (κ3) is 4.72. The Kier molecular flexibility index (Phi) is 6.46. The number of aromatic nitrogens is 3. The van der Waals surface area contributed by atoms with E-state index in [1.807, 2.05) is 48.0 Å². The molecule has 0 amide bonds. The van der Waals surface area contributed by atoms with E-state index in [0.29, 0.717) is 30.0 Å². The van der Waals surface area contributed by atoms with Gasteiger partial charge in [0.1, 0.15) is 5.82 Å². The molecule has 1 atom stereocenters. The van der Waals surface area contributed by atoms with Gasteiger partial charge >= 0.3 is 5.97 Å². The Hall–Kier alpha value is -3.39. The number of hydrogen-bond acceptors (Lipinski definition) is 3. The molecule has 0 spiro atoms. The van der Waals surface area contributed by atoms with Crippen molar-refractivity contribution >= 4 is 5.97 Å². The quantitative estimate of drug-likeness (QED) is 0.593. The Bertz CT molecular complexity index is 1060. The Morgan fingerprint density at radius 2 is 1.90 bits per heavy atom. The molecule has 1 heterocycles. The van der Waals surface area contributed by atoms with E-state index in [-0.39, 0.29) is 0 Å². The van der Waals surface area contributed by atoms with Gasteiger partial charge in [0, 0.05) is 5.92 Å². The van der Waals surface area contributed by atoms with Crippen molar-refractivity contribution in [3.63, 3.8) is 0 Å². The van der Waals surface area contributed by atoms with Gasteiger partial charge in [-0.1, -0.05) is 62.2 Å². The summed E-state index contributed by atoms with van der Waals surface area (Å²) in [7, 11) is 0. The predicted octanol–water partition coefficient (Wildman–Crippen LogP) is 4.77. The summed E-state index contributed by atoms with van der Waals surface area (Å²) in [5.74, 6) is 7.11. The third-order valence-corrected chi connectivity index (χ3v) is 5.00. The van der Waals surface area contributed by atoms with Crippen LogP contribution in [0, 0.1) is 11.8 Å². The van der Waals surface area contributed by atoms with Crippen LogP contribution >= 0.6 is 0 Å². The molecular weight excluding hydrogens is 362 g/mol. The summed E-state index contributed by atoms with van der Waals surface area (Å²) in [6, 6.07) is 15.0. The highest BCUT2D eigenvalue weighted by Crippen LogP contribution is 2.24. The Labute approximate surface area is 171 Å². The molecule has 0 fully saturated rings. The molecule has 0 aliphatic rings. The minimum Gasteiger partial charge on any atom is -0.478 e. The van der Waals surface area contributed by atoms with E-state index < -0.39 is 5.97 Å². The number of carbonyl (C=O) groups is 1. The van der Waals surface area contributed by atoms with Crippen molar-refractivity contribution in [2.75, 3.05) is 0 Å². The summed E-state index contributed by atoms with van der Waals surface area (Å²) in [6.45, 7) is 6.68. The lowest BCUT2D eigenvalue weighted by Gasteiger charge is -2.08. The van der Waals surface area contributed by atoms with Crippen LogP contribution in [0.4, 0.5) is 0 Å². The molecule has 5 nitrogen and oxygen atoms in total. The fourth-order valence-corrected chi connectivity index (χ4v) is 3.09. The zero-order valence-electron chi connectivity index (χ0n) is 17.0. The zero-order valence-corrected chi connectivity index (χ0v) is 17.0. The molecule has 148 valence electrons. The van der Waals surface area contributed by atoms with Gasteiger partial charge in [-0.05, 0) is 36.1 Å². The number of benzene rings is 2. The van der Waals surface area contributed by atoms with E-state index in [2.05, 4.69) is 25.7 Å². The monoisotopic (exact) mass is 387 g/mol. The molecule has 1 N–H and O–H groups in total. The molecule has 0 radical (unpaired) electrons. The number of hydrogen-bond donors (Lipinski definition) is 1. The van der Waals surface area contributed by atoms with Crippen molar-refractivity contribution < 1.29 is 9.90 Å². The summed E-state index contributed by atoms with van der Waals surface area (Å²) < 4.78 is 1.92. The first-order chi connectivity index (χ1) is 14.0. The van der Waals surface area contributed by atoms with Gasteiger partial charge in [-0.15, -0.1) is 5.92 Å². The molecule has 1 unspecified atom stereocenters. The first kappa shape index (κ1) is 20.3. The molecule has 3 aromatic rings. The summed E-state index contributed by atoms with van der Waals surface area (Å²) in [4.78, 5) is 16.2. The summed E-state index contributed by atoms with van der Waals surface area (Å²) in [5, 5.41) is 14.1. The average Bonchev–Trinajstić information content (AvgIpc) is 3.14. The fraction of sp³-hybridized carbons (Fsp3) is 0.292. The first-order valence-electron chi connectivity index (χ1n) is 9.78. The molecule has 0 aliphatic heterocycles. The van der Waals surface area contributed by atoms with Crippen LogP contribution < -0.4 is 0 Å². The van der Waals surface area contributed by atoms with Crippen molar-refractivity contribution in [2.24, 2.45) is 0 Å². The topological polar surface area (TPSA) is 68.0 Å². The zero-order chi connectivity index (χ0) is 20.8. The summed E-state index contributed by atoms with van der Waals surface area (Å²) >= 11 is 0. The normalized spacial score (nSPS) is 11.6. The maximum Gasteiger partial charge on any atom is 0.336 e. The van der Waals surface area contributed by atoms with Gasteiger partial charge < -0.3 is 5.11 Å². The van der Waals surface area contributed by atoms with Gasteiger partial charge in [0.25, 0.3) is 0 Å². The van der Waals surface area contributed by atoms with E-state index in [0.717, 1.165) is 29.2 Å². The molecule has 1 aromatic heterocycles. The van der Waals surface area contributed by atoms with Crippen molar-refractivity contribution in [1.29, 1.82) is 0 Å². The largest absolute Gasteiger partial charge is 0.478 e. The van der Waals surface area contributed by atoms with Gasteiger partial charge in [0.05, 0.1) is 18.5 Å². The van der Waals surface area contributed by atoms with Gasteiger partial charge in [-0.2, -0.15) is 5.10 Å². The van der Waals surface area contributed by atoms with Crippen molar-refractivity contribution in [3.8, 4) is 23.0 Å². The van der Waals surface area contributed by atoms with E-state index in [1.165, 1.54) is 0 Å². The van der Waals surface area contributed by atoms with Crippen molar-refractivity contribution in [2.45, 2.75) is 46.1 Å². The van der Waals surface area contributed by atoms with E-state index in [1.54, 1.807) is 12.1 Å². The van der Waals surface area contributed by atoms with E-state index in [9.17, 15) is 9.90 Å². The van der Waals surface area contributed by atoms with E-state index >= 15 is 0 Å². The second-order valence-electron chi connectivity index (χ2n) is 7.00. The molecule has 0 aliphatic carbocycles.